The number of hydrogen-bond donors (Lipinski definition) is 0. The molecule has 1 heterocycles. The van der Waals surface area contributed by atoms with Crippen molar-refractivity contribution in [3.05, 3.63) is 62.8 Å². The van der Waals surface area contributed by atoms with Gasteiger partial charge in [-0.05, 0) is 12.1 Å². The van der Waals surface area contributed by atoms with E-state index in [1.165, 1.54) is 18.2 Å². The number of pyridine rings is 1. The maximum Gasteiger partial charge on any atom is 0.284 e. The number of fused-ring (bicyclic) bond motifs is 2. The van der Waals surface area contributed by atoms with E-state index < -0.39 is 4.92 Å². The van der Waals surface area contributed by atoms with Crippen LogP contribution in [0.1, 0.15) is 0 Å². The Morgan fingerprint density at radius 2 is 1.74 bits per heavy atom. The lowest BCUT2D eigenvalue weighted by Crippen LogP contribution is -2.28. The first-order valence-electron chi connectivity index (χ1n) is 5.48. The number of nitrogens with zero attached hydrogens (tertiary/aromatic N) is 2. The Morgan fingerprint density at radius 1 is 1.05 bits per heavy atom. The van der Waals surface area contributed by atoms with Gasteiger partial charge in [-0.1, -0.05) is 23.7 Å². The summed E-state index contributed by atoms with van der Waals surface area (Å²) in [5.41, 5.74) is 0.413. The van der Waals surface area contributed by atoms with E-state index in [1.807, 2.05) is 0 Å². The SMILES string of the molecule is O=[N+]([O-])c1cccc2c1c(Cl)c1ccccc1[n+]2[O-]. The average Bonchev–Trinajstić information content (AvgIpc) is 2.44. The number of para-hydroxylation sites is 1. The summed E-state index contributed by atoms with van der Waals surface area (Å²) in [4.78, 5) is 10.5. The van der Waals surface area contributed by atoms with E-state index >= 15 is 0 Å². The molecule has 0 N–H and O–H groups in total. The van der Waals surface area contributed by atoms with Crippen LogP contribution in [0.2, 0.25) is 5.02 Å². The molecule has 0 atom stereocenters. The molecule has 0 fully saturated rings. The lowest BCUT2D eigenvalue weighted by Gasteiger charge is -2.08. The van der Waals surface area contributed by atoms with Crippen molar-refractivity contribution in [3.8, 4) is 0 Å². The maximum absolute atomic E-state index is 12.3. The van der Waals surface area contributed by atoms with Gasteiger partial charge >= 0.3 is 0 Å². The molecular weight excluding hydrogens is 268 g/mol. The van der Waals surface area contributed by atoms with Gasteiger partial charge in [-0.15, -0.1) is 0 Å². The molecule has 2 aromatic carbocycles. The van der Waals surface area contributed by atoms with Crippen LogP contribution in [0.5, 0.6) is 0 Å². The monoisotopic (exact) mass is 274 g/mol. The fourth-order valence-corrected chi connectivity index (χ4v) is 2.53. The summed E-state index contributed by atoms with van der Waals surface area (Å²) in [5, 5.41) is 24.2. The lowest BCUT2D eigenvalue weighted by molar-refractivity contribution is -0.548. The van der Waals surface area contributed by atoms with Crippen LogP contribution in [0.15, 0.2) is 42.5 Å². The Kier molecular flexibility index (Phi) is 2.50. The van der Waals surface area contributed by atoms with Crippen LogP contribution < -0.4 is 4.73 Å². The quantitative estimate of drug-likeness (QED) is 0.225. The molecule has 0 aliphatic heterocycles. The molecule has 0 saturated carbocycles. The zero-order valence-corrected chi connectivity index (χ0v) is 10.3. The van der Waals surface area contributed by atoms with Crippen LogP contribution in [0, 0.1) is 15.3 Å². The van der Waals surface area contributed by atoms with Gasteiger partial charge in [-0.2, -0.15) is 4.73 Å². The number of hydrogen-bond acceptors (Lipinski definition) is 3. The van der Waals surface area contributed by atoms with Gasteiger partial charge in [-0.25, -0.2) is 0 Å². The van der Waals surface area contributed by atoms with Crippen LogP contribution >= 0.6 is 11.6 Å². The Bertz CT molecular complexity index is 833. The lowest BCUT2D eigenvalue weighted by atomic mass is 10.1. The fraction of sp³-hybridized carbons (Fsp3) is 0. The molecule has 0 radical (unpaired) electrons. The molecular formula is C13H7ClN2O3. The zero-order chi connectivity index (χ0) is 13.6. The standard InChI is InChI=1S/C13H7ClN2O3/c14-13-8-4-1-2-5-9(8)15(17)10-6-3-7-11(12(10)13)16(18)19/h1-7H. The first-order valence-corrected chi connectivity index (χ1v) is 5.86. The van der Waals surface area contributed by atoms with E-state index in [0.717, 1.165) is 0 Å². The van der Waals surface area contributed by atoms with Gasteiger partial charge < -0.3 is 5.21 Å². The number of rotatable bonds is 1. The number of aromatic nitrogens is 1. The van der Waals surface area contributed by atoms with Crippen molar-refractivity contribution in [1.29, 1.82) is 0 Å². The summed E-state index contributed by atoms with van der Waals surface area (Å²) in [6.45, 7) is 0. The predicted molar refractivity (Wildman–Crippen MR) is 72.1 cm³/mol. The van der Waals surface area contributed by atoms with E-state index in [2.05, 4.69) is 0 Å². The highest BCUT2D eigenvalue weighted by molar-refractivity contribution is 6.40. The molecule has 94 valence electrons. The first-order chi connectivity index (χ1) is 9.11. The summed E-state index contributed by atoms with van der Waals surface area (Å²) in [6, 6.07) is 11.1. The topological polar surface area (TPSA) is 70.1 Å². The summed E-state index contributed by atoms with van der Waals surface area (Å²) in [5.74, 6) is 0. The van der Waals surface area contributed by atoms with Gasteiger partial charge in [-0.3, -0.25) is 10.1 Å². The predicted octanol–water partition coefficient (Wildman–Crippen LogP) is 3.19. The van der Waals surface area contributed by atoms with Gasteiger partial charge in [0.15, 0.2) is 0 Å². The van der Waals surface area contributed by atoms with Crippen LogP contribution in [0.25, 0.3) is 21.8 Å². The number of halogens is 1. The maximum atomic E-state index is 12.3. The molecule has 3 rings (SSSR count). The van der Waals surface area contributed by atoms with Crippen molar-refractivity contribution in [2.24, 2.45) is 0 Å². The molecule has 0 aliphatic rings. The Balaban J connectivity index is 2.64. The minimum Gasteiger partial charge on any atom is -0.618 e. The fourth-order valence-electron chi connectivity index (χ4n) is 2.18. The number of non-ortho nitro benzene ring substituents is 1. The second-order valence-electron chi connectivity index (χ2n) is 4.05. The van der Waals surface area contributed by atoms with E-state index in [9.17, 15) is 15.3 Å². The van der Waals surface area contributed by atoms with Crippen LogP contribution in [-0.4, -0.2) is 4.92 Å². The van der Waals surface area contributed by atoms with Gasteiger partial charge in [0.05, 0.1) is 15.3 Å². The smallest absolute Gasteiger partial charge is 0.284 e. The Morgan fingerprint density at radius 3 is 2.47 bits per heavy atom. The molecule has 0 saturated heterocycles. The Labute approximate surface area is 112 Å². The third-order valence-electron chi connectivity index (χ3n) is 3.01. The van der Waals surface area contributed by atoms with Crippen molar-refractivity contribution in [2.75, 3.05) is 0 Å². The molecule has 19 heavy (non-hydrogen) atoms. The first kappa shape index (κ1) is 11.7. The molecule has 5 nitrogen and oxygen atoms in total. The second kappa shape index (κ2) is 4.07. The van der Waals surface area contributed by atoms with Crippen LogP contribution in [0.3, 0.4) is 0 Å². The summed E-state index contributed by atoms with van der Waals surface area (Å²) < 4.78 is 0.670. The van der Waals surface area contributed by atoms with Gasteiger partial charge in [0.2, 0.25) is 11.0 Å². The molecule has 1 aromatic heterocycles. The highest BCUT2D eigenvalue weighted by Crippen LogP contribution is 2.34. The van der Waals surface area contributed by atoms with Crippen molar-refractivity contribution in [1.82, 2.24) is 0 Å². The Hall–Kier alpha value is -2.40. The molecule has 0 bridgehead atoms. The normalized spacial score (nSPS) is 11.0. The summed E-state index contributed by atoms with van der Waals surface area (Å²) in [6.07, 6.45) is 0. The van der Waals surface area contributed by atoms with E-state index in [-0.39, 0.29) is 21.6 Å². The molecule has 0 spiro atoms. The minimum atomic E-state index is -0.539. The highest BCUT2D eigenvalue weighted by atomic mass is 35.5. The number of nitro benzene ring substituents is 1. The van der Waals surface area contributed by atoms with Crippen molar-refractivity contribution < 1.29 is 9.65 Å². The number of benzene rings is 2. The van der Waals surface area contributed by atoms with Crippen molar-refractivity contribution in [3.63, 3.8) is 0 Å². The minimum absolute atomic E-state index is 0.169. The van der Waals surface area contributed by atoms with Crippen LogP contribution in [0.4, 0.5) is 5.69 Å². The molecule has 0 amide bonds. The highest BCUT2D eigenvalue weighted by Gasteiger charge is 2.23. The zero-order valence-electron chi connectivity index (χ0n) is 9.54. The van der Waals surface area contributed by atoms with E-state index in [1.54, 1.807) is 24.3 Å². The van der Waals surface area contributed by atoms with Crippen molar-refractivity contribution >= 4 is 39.1 Å². The average molecular weight is 275 g/mol. The second-order valence-corrected chi connectivity index (χ2v) is 4.43. The summed E-state index contributed by atoms with van der Waals surface area (Å²) in [7, 11) is 0. The van der Waals surface area contributed by atoms with Gasteiger partial charge in [0.25, 0.3) is 5.69 Å². The number of nitro groups is 1. The molecule has 0 unspecified atom stereocenters. The molecule has 0 aliphatic carbocycles. The third-order valence-corrected chi connectivity index (χ3v) is 3.41. The summed E-state index contributed by atoms with van der Waals surface area (Å²) >= 11 is 6.24. The van der Waals surface area contributed by atoms with E-state index in [0.29, 0.717) is 15.6 Å². The molecule has 3 aromatic rings. The van der Waals surface area contributed by atoms with Crippen molar-refractivity contribution in [2.45, 2.75) is 0 Å². The van der Waals surface area contributed by atoms with Crippen LogP contribution in [-0.2, 0) is 0 Å². The van der Waals surface area contributed by atoms with Gasteiger partial charge in [0, 0.05) is 18.2 Å². The molecule has 6 heteroatoms. The largest absolute Gasteiger partial charge is 0.618 e. The third kappa shape index (κ3) is 1.59. The van der Waals surface area contributed by atoms with Gasteiger partial charge in [0.1, 0.15) is 5.39 Å². The van der Waals surface area contributed by atoms with E-state index in [4.69, 9.17) is 11.6 Å².